The molecule has 3 heterocycles. The van der Waals surface area contributed by atoms with Crippen LogP contribution in [0.25, 0.3) is 5.69 Å². The van der Waals surface area contributed by atoms with Crippen LogP contribution in [-0.2, 0) is 17.7 Å². The number of aliphatic hydroxyl groups is 1. The smallest absolute Gasteiger partial charge is 0.254 e. The Morgan fingerprint density at radius 1 is 1.23 bits per heavy atom. The molecule has 6 heteroatoms. The molecule has 30 heavy (non-hydrogen) atoms. The van der Waals surface area contributed by atoms with Crippen molar-refractivity contribution in [3.63, 3.8) is 0 Å². The number of benzene rings is 2. The van der Waals surface area contributed by atoms with Crippen LogP contribution < -0.4 is 0 Å². The van der Waals surface area contributed by atoms with E-state index in [9.17, 15) is 9.90 Å². The molecular formula is C24H25N3O3. The molecular weight excluding hydrogens is 378 g/mol. The molecule has 1 fully saturated rings. The monoisotopic (exact) mass is 403 g/mol. The van der Waals surface area contributed by atoms with Gasteiger partial charge in [-0.05, 0) is 66.3 Å². The average Bonchev–Trinajstić information content (AvgIpc) is 3.39. The Kier molecular flexibility index (Phi) is 4.89. The number of rotatable bonds is 4. The molecule has 1 amide bonds. The molecule has 2 aliphatic rings. The first-order chi connectivity index (χ1) is 14.6. The first kappa shape index (κ1) is 19.0. The van der Waals surface area contributed by atoms with Crippen LogP contribution in [0, 0.1) is 6.92 Å². The van der Waals surface area contributed by atoms with Gasteiger partial charge in [-0.25, -0.2) is 4.68 Å². The maximum absolute atomic E-state index is 13.1. The van der Waals surface area contributed by atoms with Crippen molar-refractivity contribution in [3.05, 3.63) is 82.7 Å². The molecule has 1 aromatic heterocycles. The predicted octanol–water partition coefficient (Wildman–Crippen LogP) is 2.88. The fourth-order valence-corrected chi connectivity index (χ4v) is 4.43. The van der Waals surface area contributed by atoms with E-state index in [0.29, 0.717) is 26.2 Å². The Labute approximate surface area is 175 Å². The summed E-state index contributed by atoms with van der Waals surface area (Å²) in [6, 6.07) is 14.1. The van der Waals surface area contributed by atoms with Gasteiger partial charge in [0.15, 0.2) is 0 Å². The van der Waals surface area contributed by atoms with Crippen LogP contribution in [0.3, 0.4) is 0 Å². The van der Waals surface area contributed by atoms with E-state index in [1.807, 2.05) is 23.0 Å². The molecule has 2 aromatic carbocycles. The molecule has 154 valence electrons. The molecule has 3 aromatic rings. The van der Waals surface area contributed by atoms with Gasteiger partial charge in [0.2, 0.25) is 0 Å². The van der Waals surface area contributed by atoms with Crippen LogP contribution in [0.2, 0.25) is 0 Å². The number of aliphatic hydroxyl groups excluding tert-OH is 1. The van der Waals surface area contributed by atoms with Gasteiger partial charge in [-0.15, -0.1) is 0 Å². The normalized spacial score (nSPS) is 21.1. The van der Waals surface area contributed by atoms with Crippen LogP contribution in [-0.4, -0.2) is 51.1 Å². The van der Waals surface area contributed by atoms with Gasteiger partial charge in [0.25, 0.3) is 5.91 Å². The van der Waals surface area contributed by atoms with Gasteiger partial charge in [0, 0.05) is 31.1 Å². The summed E-state index contributed by atoms with van der Waals surface area (Å²) >= 11 is 0. The lowest BCUT2D eigenvalue weighted by Gasteiger charge is -2.34. The van der Waals surface area contributed by atoms with Crippen molar-refractivity contribution >= 4 is 5.91 Å². The predicted molar refractivity (Wildman–Crippen MR) is 113 cm³/mol. The van der Waals surface area contributed by atoms with Gasteiger partial charge in [0.05, 0.1) is 24.4 Å². The van der Waals surface area contributed by atoms with Crippen molar-refractivity contribution in [2.75, 3.05) is 13.2 Å². The van der Waals surface area contributed by atoms with Gasteiger partial charge in [-0.2, -0.15) is 5.10 Å². The van der Waals surface area contributed by atoms with Crippen LogP contribution in [0.1, 0.15) is 39.0 Å². The van der Waals surface area contributed by atoms with E-state index in [2.05, 4.69) is 42.4 Å². The third-order valence-electron chi connectivity index (χ3n) is 6.18. The Morgan fingerprint density at radius 2 is 2.07 bits per heavy atom. The number of carbonyl (C=O) groups excluding carboxylic acids is 1. The van der Waals surface area contributed by atoms with Gasteiger partial charge < -0.3 is 14.7 Å². The zero-order chi connectivity index (χ0) is 20.7. The summed E-state index contributed by atoms with van der Waals surface area (Å²) in [5, 5.41) is 14.6. The van der Waals surface area contributed by atoms with Crippen LogP contribution >= 0.6 is 0 Å². The van der Waals surface area contributed by atoms with E-state index in [1.165, 1.54) is 11.1 Å². The highest BCUT2D eigenvalue weighted by Gasteiger charge is 2.38. The van der Waals surface area contributed by atoms with Gasteiger partial charge >= 0.3 is 0 Å². The third-order valence-corrected chi connectivity index (χ3v) is 6.18. The molecule has 0 radical (unpaired) electrons. The second-order valence-electron chi connectivity index (χ2n) is 8.16. The number of aryl methyl sites for hydroxylation is 1. The fraction of sp³-hybridized carbons (Fsp3) is 0.333. The number of amides is 1. The van der Waals surface area contributed by atoms with Crippen molar-refractivity contribution in [2.45, 2.75) is 38.5 Å². The van der Waals surface area contributed by atoms with Crippen molar-refractivity contribution in [1.82, 2.24) is 14.7 Å². The standard InChI is InChI=1S/C24H25N3O3/c1-16-11-19-14-26(22-15-30-10-7-23(22)28)24(29)21(19)13-18(16)12-17-3-5-20(6-4-17)27-9-2-8-25-27/h2-6,8-9,11,13,22-23,28H,7,10,12,14-15H2,1H3/t22-,23-/m0/s1. The summed E-state index contributed by atoms with van der Waals surface area (Å²) in [4.78, 5) is 14.9. The lowest BCUT2D eigenvalue weighted by atomic mass is 9.95. The summed E-state index contributed by atoms with van der Waals surface area (Å²) in [7, 11) is 0. The quantitative estimate of drug-likeness (QED) is 0.727. The molecule has 0 unspecified atom stereocenters. The van der Waals surface area contributed by atoms with E-state index in [1.54, 1.807) is 11.1 Å². The number of fused-ring (bicyclic) bond motifs is 1. The highest BCUT2D eigenvalue weighted by atomic mass is 16.5. The third kappa shape index (κ3) is 3.42. The molecule has 2 aliphatic heterocycles. The highest BCUT2D eigenvalue weighted by Crippen LogP contribution is 2.30. The van der Waals surface area contributed by atoms with E-state index >= 15 is 0 Å². The van der Waals surface area contributed by atoms with Crippen molar-refractivity contribution in [2.24, 2.45) is 0 Å². The largest absolute Gasteiger partial charge is 0.391 e. The second kappa shape index (κ2) is 7.70. The van der Waals surface area contributed by atoms with Crippen LogP contribution in [0.15, 0.2) is 54.9 Å². The molecule has 0 spiro atoms. The van der Waals surface area contributed by atoms with E-state index in [4.69, 9.17) is 4.74 Å². The Bertz CT molecular complexity index is 1060. The molecule has 2 atom stereocenters. The van der Waals surface area contributed by atoms with Crippen molar-refractivity contribution in [3.8, 4) is 5.69 Å². The summed E-state index contributed by atoms with van der Waals surface area (Å²) in [5.41, 5.74) is 6.33. The first-order valence-electron chi connectivity index (χ1n) is 10.4. The lowest BCUT2D eigenvalue weighted by Crippen LogP contribution is -2.49. The molecule has 5 rings (SSSR count). The van der Waals surface area contributed by atoms with E-state index < -0.39 is 6.10 Å². The number of aromatic nitrogens is 2. The molecule has 0 saturated carbocycles. The lowest BCUT2D eigenvalue weighted by molar-refractivity contribution is -0.0528. The molecule has 1 N–H and O–H groups in total. The maximum atomic E-state index is 13.1. The SMILES string of the molecule is Cc1cc2c(cc1Cc1ccc(-n3cccn3)cc1)C(=O)N([C@H]1COCC[C@@H]1O)C2. The highest BCUT2D eigenvalue weighted by molar-refractivity contribution is 5.99. The number of hydrogen-bond donors (Lipinski definition) is 1. The summed E-state index contributed by atoms with van der Waals surface area (Å²) < 4.78 is 7.35. The van der Waals surface area contributed by atoms with Crippen LogP contribution in [0.5, 0.6) is 0 Å². The molecule has 6 nitrogen and oxygen atoms in total. The Balaban J connectivity index is 1.37. The number of hydrogen-bond acceptors (Lipinski definition) is 4. The minimum Gasteiger partial charge on any atom is -0.391 e. The first-order valence-corrected chi connectivity index (χ1v) is 10.4. The fourth-order valence-electron chi connectivity index (χ4n) is 4.43. The van der Waals surface area contributed by atoms with E-state index in [0.717, 1.165) is 28.8 Å². The Morgan fingerprint density at radius 3 is 2.80 bits per heavy atom. The van der Waals surface area contributed by atoms with Gasteiger partial charge in [-0.1, -0.05) is 18.2 Å². The number of carbonyl (C=O) groups is 1. The number of ether oxygens (including phenoxy) is 1. The average molecular weight is 403 g/mol. The minimum absolute atomic E-state index is 0.00479. The Hall–Kier alpha value is -2.96. The van der Waals surface area contributed by atoms with Crippen molar-refractivity contribution < 1.29 is 14.6 Å². The summed E-state index contributed by atoms with van der Waals surface area (Å²) in [5.74, 6) is -0.00479. The zero-order valence-electron chi connectivity index (χ0n) is 17.0. The van der Waals surface area contributed by atoms with Gasteiger partial charge in [-0.3, -0.25) is 4.79 Å². The van der Waals surface area contributed by atoms with Crippen molar-refractivity contribution in [1.29, 1.82) is 0 Å². The molecule has 1 saturated heterocycles. The zero-order valence-corrected chi connectivity index (χ0v) is 17.0. The van der Waals surface area contributed by atoms with Gasteiger partial charge in [0.1, 0.15) is 0 Å². The molecule has 0 aliphatic carbocycles. The van der Waals surface area contributed by atoms with E-state index in [-0.39, 0.29) is 11.9 Å². The second-order valence-corrected chi connectivity index (χ2v) is 8.16. The summed E-state index contributed by atoms with van der Waals surface area (Å²) in [6.07, 6.45) is 4.50. The minimum atomic E-state index is -0.522. The van der Waals surface area contributed by atoms with Crippen LogP contribution in [0.4, 0.5) is 0 Å². The maximum Gasteiger partial charge on any atom is 0.254 e. The number of nitrogens with zero attached hydrogens (tertiary/aromatic N) is 3. The topological polar surface area (TPSA) is 67.6 Å². The molecule has 0 bridgehead atoms. The summed E-state index contributed by atoms with van der Waals surface area (Å²) in [6.45, 7) is 3.59.